The van der Waals surface area contributed by atoms with Gasteiger partial charge in [-0.05, 0) is 35.4 Å². The Bertz CT molecular complexity index is 651. The summed E-state index contributed by atoms with van der Waals surface area (Å²) in [6.07, 6.45) is 4.30. The average Bonchev–Trinajstić information content (AvgIpc) is 3.18. The molecule has 1 fully saturated rings. The molecule has 0 aromatic carbocycles. The zero-order chi connectivity index (χ0) is 17.4. The highest BCUT2D eigenvalue weighted by Gasteiger charge is 2.27. The minimum atomic E-state index is -0.490. The lowest BCUT2D eigenvalue weighted by Gasteiger charge is -2.16. The number of ether oxygens (including phenoxy) is 2. The molecule has 1 aliphatic heterocycles. The Morgan fingerprint density at radius 1 is 1.33 bits per heavy atom. The number of nitrogens with zero attached hydrogens (tertiary/aromatic N) is 1. The normalized spacial score (nSPS) is 16.1. The van der Waals surface area contributed by atoms with Gasteiger partial charge in [0.25, 0.3) is 0 Å². The van der Waals surface area contributed by atoms with Gasteiger partial charge < -0.3 is 14.4 Å². The van der Waals surface area contributed by atoms with Gasteiger partial charge in [0.05, 0.1) is 30.0 Å². The van der Waals surface area contributed by atoms with E-state index >= 15 is 0 Å². The maximum Gasteiger partial charge on any atom is 0.333 e. The standard InChI is InChI=1S/C16H17NO5S2/c1-2-21-16(20)9-14-17(13(18)11-24-14)6-7-22-15(19)4-3-12-5-8-23-10-12/h3-5,8-10H,2,6-7,11H2,1H3/b4-3+,14-9-. The van der Waals surface area contributed by atoms with Crippen molar-refractivity contribution < 1.29 is 23.9 Å². The molecule has 1 amide bonds. The van der Waals surface area contributed by atoms with E-state index in [0.29, 0.717) is 5.03 Å². The van der Waals surface area contributed by atoms with E-state index in [4.69, 9.17) is 9.47 Å². The summed E-state index contributed by atoms with van der Waals surface area (Å²) in [5.74, 6) is -0.829. The predicted molar refractivity (Wildman–Crippen MR) is 93.2 cm³/mol. The van der Waals surface area contributed by atoms with Crippen molar-refractivity contribution in [3.05, 3.63) is 39.6 Å². The van der Waals surface area contributed by atoms with Crippen molar-refractivity contribution in [2.24, 2.45) is 0 Å². The lowest BCUT2D eigenvalue weighted by Crippen LogP contribution is -2.29. The van der Waals surface area contributed by atoms with Crippen LogP contribution >= 0.6 is 23.1 Å². The van der Waals surface area contributed by atoms with Crippen LogP contribution in [-0.4, -0.2) is 48.3 Å². The van der Waals surface area contributed by atoms with Gasteiger partial charge in [-0.3, -0.25) is 4.79 Å². The number of rotatable bonds is 7. The smallest absolute Gasteiger partial charge is 0.333 e. The molecule has 1 aliphatic rings. The summed E-state index contributed by atoms with van der Waals surface area (Å²) in [6, 6.07) is 1.89. The fraction of sp³-hybridized carbons (Fsp3) is 0.312. The molecule has 24 heavy (non-hydrogen) atoms. The van der Waals surface area contributed by atoms with Crippen molar-refractivity contribution in [2.45, 2.75) is 6.92 Å². The second-order valence-electron chi connectivity index (χ2n) is 4.63. The minimum absolute atomic E-state index is 0.0548. The number of esters is 2. The Balaban J connectivity index is 1.82. The third-order valence-electron chi connectivity index (χ3n) is 2.95. The van der Waals surface area contributed by atoms with Gasteiger partial charge in [0, 0.05) is 6.08 Å². The van der Waals surface area contributed by atoms with Crippen molar-refractivity contribution >= 4 is 47.0 Å². The summed E-state index contributed by atoms with van der Waals surface area (Å²) in [5, 5.41) is 4.35. The first-order valence-corrected chi connectivity index (χ1v) is 9.21. The van der Waals surface area contributed by atoms with Crippen LogP contribution in [0.2, 0.25) is 0 Å². The van der Waals surface area contributed by atoms with E-state index in [-0.39, 0.29) is 31.4 Å². The van der Waals surface area contributed by atoms with Gasteiger partial charge in [0.1, 0.15) is 6.61 Å². The molecular weight excluding hydrogens is 350 g/mol. The minimum Gasteiger partial charge on any atom is -0.463 e. The Morgan fingerprint density at radius 3 is 2.88 bits per heavy atom. The zero-order valence-corrected chi connectivity index (χ0v) is 14.7. The van der Waals surface area contributed by atoms with E-state index < -0.39 is 11.9 Å². The quantitative estimate of drug-likeness (QED) is 0.544. The SMILES string of the molecule is CCOC(=O)/C=C1\SCC(=O)N1CCOC(=O)/C=C/c1ccsc1. The molecule has 128 valence electrons. The third kappa shape index (κ3) is 5.54. The van der Waals surface area contributed by atoms with Crippen molar-refractivity contribution in [2.75, 3.05) is 25.5 Å². The molecule has 0 aliphatic carbocycles. The Morgan fingerprint density at radius 2 is 2.17 bits per heavy atom. The lowest BCUT2D eigenvalue weighted by atomic mass is 10.3. The molecule has 2 heterocycles. The van der Waals surface area contributed by atoms with E-state index in [2.05, 4.69) is 0 Å². The van der Waals surface area contributed by atoms with Crippen LogP contribution in [0.5, 0.6) is 0 Å². The lowest BCUT2D eigenvalue weighted by molar-refractivity contribution is -0.140. The first-order valence-electron chi connectivity index (χ1n) is 7.28. The van der Waals surface area contributed by atoms with Gasteiger partial charge in [-0.25, -0.2) is 9.59 Å². The zero-order valence-electron chi connectivity index (χ0n) is 13.1. The summed E-state index contributed by atoms with van der Waals surface area (Å²) >= 11 is 2.80. The molecule has 1 saturated heterocycles. The number of carbonyl (C=O) groups is 3. The van der Waals surface area contributed by atoms with Crippen LogP contribution in [0, 0.1) is 0 Å². The van der Waals surface area contributed by atoms with Crippen LogP contribution in [0.3, 0.4) is 0 Å². The van der Waals surface area contributed by atoms with E-state index in [1.54, 1.807) is 24.3 Å². The van der Waals surface area contributed by atoms with E-state index in [0.717, 1.165) is 5.56 Å². The van der Waals surface area contributed by atoms with Crippen LogP contribution in [0.25, 0.3) is 6.08 Å². The predicted octanol–water partition coefficient (Wildman–Crippen LogP) is 2.28. The van der Waals surface area contributed by atoms with Gasteiger partial charge in [-0.2, -0.15) is 11.3 Å². The summed E-state index contributed by atoms with van der Waals surface area (Å²) in [4.78, 5) is 36.4. The second-order valence-corrected chi connectivity index (χ2v) is 6.40. The maximum atomic E-state index is 11.8. The molecule has 0 saturated carbocycles. The molecule has 1 aromatic heterocycles. The molecule has 0 radical (unpaired) electrons. The van der Waals surface area contributed by atoms with Crippen LogP contribution in [0.4, 0.5) is 0 Å². The van der Waals surface area contributed by atoms with Gasteiger partial charge in [0.15, 0.2) is 0 Å². The first-order chi connectivity index (χ1) is 11.6. The molecule has 6 nitrogen and oxygen atoms in total. The average molecular weight is 367 g/mol. The molecule has 0 unspecified atom stereocenters. The number of carbonyl (C=O) groups excluding carboxylic acids is 3. The molecule has 8 heteroatoms. The van der Waals surface area contributed by atoms with Crippen LogP contribution in [0.1, 0.15) is 12.5 Å². The molecule has 1 aromatic rings. The molecule has 0 spiro atoms. The van der Waals surface area contributed by atoms with Crippen LogP contribution in [0.15, 0.2) is 34.0 Å². The summed E-state index contributed by atoms with van der Waals surface area (Å²) in [7, 11) is 0. The van der Waals surface area contributed by atoms with Crippen molar-refractivity contribution in [1.82, 2.24) is 4.90 Å². The van der Waals surface area contributed by atoms with Crippen molar-refractivity contribution in [3.63, 3.8) is 0 Å². The number of hydrogen-bond donors (Lipinski definition) is 0. The van der Waals surface area contributed by atoms with Gasteiger partial charge in [-0.15, -0.1) is 0 Å². The highest BCUT2D eigenvalue weighted by Crippen LogP contribution is 2.28. The number of thiophene rings is 1. The Hall–Kier alpha value is -2.06. The molecule has 0 N–H and O–H groups in total. The fourth-order valence-electron chi connectivity index (χ4n) is 1.87. The summed E-state index contributed by atoms with van der Waals surface area (Å²) in [6.45, 7) is 2.24. The second kappa shape index (κ2) is 9.29. The maximum absolute atomic E-state index is 11.8. The highest BCUT2D eigenvalue weighted by molar-refractivity contribution is 8.04. The van der Waals surface area contributed by atoms with Crippen LogP contribution < -0.4 is 0 Å². The summed E-state index contributed by atoms with van der Waals surface area (Å²) in [5.41, 5.74) is 0.933. The van der Waals surface area contributed by atoms with Gasteiger partial charge in [0.2, 0.25) is 5.91 Å². The monoisotopic (exact) mass is 367 g/mol. The highest BCUT2D eigenvalue weighted by atomic mass is 32.2. The molecule has 0 bridgehead atoms. The number of thioether (sulfide) groups is 1. The van der Waals surface area contributed by atoms with Crippen molar-refractivity contribution in [3.8, 4) is 0 Å². The fourth-order valence-corrected chi connectivity index (χ4v) is 3.46. The Kier molecular flexibility index (Phi) is 7.07. The first kappa shape index (κ1) is 18.3. The molecular formula is C16H17NO5S2. The van der Waals surface area contributed by atoms with Crippen molar-refractivity contribution in [1.29, 1.82) is 0 Å². The number of hydrogen-bond acceptors (Lipinski definition) is 7. The van der Waals surface area contributed by atoms with E-state index in [1.165, 1.54) is 28.8 Å². The molecule has 0 atom stereocenters. The Labute approximate surface area is 148 Å². The summed E-state index contributed by atoms with van der Waals surface area (Å²) < 4.78 is 9.92. The van der Waals surface area contributed by atoms with Gasteiger partial charge >= 0.3 is 11.9 Å². The number of amides is 1. The van der Waals surface area contributed by atoms with Crippen LogP contribution in [-0.2, 0) is 23.9 Å². The van der Waals surface area contributed by atoms with Gasteiger partial charge in [-0.1, -0.05) is 11.8 Å². The van der Waals surface area contributed by atoms with E-state index in [9.17, 15) is 14.4 Å². The molecule has 2 rings (SSSR count). The van der Waals surface area contributed by atoms with E-state index in [1.807, 2.05) is 16.8 Å². The topological polar surface area (TPSA) is 72.9 Å². The largest absolute Gasteiger partial charge is 0.463 e. The third-order valence-corrected chi connectivity index (χ3v) is 4.68.